The lowest BCUT2D eigenvalue weighted by Crippen LogP contribution is -2.60. The van der Waals surface area contributed by atoms with Crippen LogP contribution in [0.15, 0.2) is 0 Å². The van der Waals surface area contributed by atoms with Gasteiger partial charge in [-0.05, 0) is 0 Å². The Balaban J connectivity index is 1.89. The molecule has 2 fully saturated rings. The van der Waals surface area contributed by atoms with Crippen LogP contribution >= 0.6 is 0 Å². The molecular weight excluding hydrogens is 404 g/mol. The van der Waals surface area contributed by atoms with E-state index in [0.29, 0.717) is 0 Å². The third-order valence-corrected chi connectivity index (χ3v) is 4.48. The number of carbonyl (C=O) groups is 2. The van der Waals surface area contributed by atoms with Crippen molar-refractivity contribution >= 4 is 11.9 Å². The van der Waals surface area contributed by atoms with Gasteiger partial charge >= 0.3 is 11.9 Å². The highest BCUT2D eigenvalue weighted by Crippen LogP contribution is 2.24. The standard InChI is InChI=1S/C15H24O14/c16-2-4-8(20)10(22)12(24)14(26-4)28-6(18)1-7(19)29-15-13(25)11(23)9(21)5(3-17)27-15/h4-5,8-17,20-25H,1-3H2/t4-,5-,8-,9-,10+,11+,12-,13-,14+,15+/m1/s1. The molecule has 2 aliphatic heterocycles. The number of hydrogen-bond acceptors (Lipinski definition) is 14. The van der Waals surface area contributed by atoms with Crippen LogP contribution in [0.25, 0.3) is 0 Å². The van der Waals surface area contributed by atoms with Crippen LogP contribution in [0.5, 0.6) is 0 Å². The summed E-state index contributed by atoms with van der Waals surface area (Å²) in [5.41, 5.74) is 0. The lowest BCUT2D eigenvalue weighted by Gasteiger charge is -2.39. The fourth-order valence-corrected chi connectivity index (χ4v) is 2.79. The summed E-state index contributed by atoms with van der Waals surface area (Å²) >= 11 is 0. The van der Waals surface area contributed by atoms with Crippen molar-refractivity contribution in [3.05, 3.63) is 0 Å². The first-order valence-electron chi connectivity index (χ1n) is 8.60. The molecule has 2 heterocycles. The summed E-state index contributed by atoms with van der Waals surface area (Å²) in [6, 6.07) is 0. The van der Waals surface area contributed by atoms with E-state index in [1.54, 1.807) is 0 Å². The lowest BCUT2D eigenvalue weighted by molar-refractivity contribution is -0.296. The largest absolute Gasteiger partial charge is 0.432 e. The number of carbonyl (C=O) groups excluding carboxylic acids is 2. The molecule has 0 aromatic carbocycles. The van der Waals surface area contributed by atoms with Crippen LogP contribution in [0.3, 0.4) is 0 Å². The van der Waals surface area contributed by atoms with E-state index in [-0.39, 0.29) is 0 Å². The molecule has 0 saturated carbocycles. The number of ether oxygens (including phenoxy) is 4. The maximum Gasteiger partial charge on any atom is 0.319 e. The minimum atomic E-state index is -1.86. The van der Waals surface area contributed by atoms with Crippen LogP contribution in [0, 0.1) is 0 Å². The van der Waals surface area contributed by atoms with E-state index >= 15 is 0 Å². The summed E-state index contributed by atoms with van der Waals surface area (Å²) in [6.07, 6.45) is -17.9. The van der Waals surface area contributed by atoms with Crippen molar-refractivity contribution in [3.8, 4) is 0 Å². The molecule has 10 atom stereocenters. The minimum Gasteiger partial charge on any atom is -0.432 e. The average Bonchev–Trinajstić information content (AvgIpc) is 2.68. The monoisotopic (exact) mass is 428 g/mol. The first-order valence-corrected chi connectivity index (χ1v) is 8.60. The maximum atomic E-state index is 11.9. The Bertz CT molecular complexity index is 519. The Labute approximate surface area is 163 Å². The third-order valence-electron chi connectivity index (χ3n) is 4.48. The predicted molar refractivity (Wildman–Crippen MR) is 84.3 cm³/mol. The molecule has 0 amide bonds. The van der Waals surface area contributed by atoms with Crippen molar-refractivity contribution in [2.45, 2.75) is 67.8 Å². The molecule has 0 radical (unpaired) electrons. The SMILES string of the molecule is O=C(CC(=O)O[C@@H]1O[C@H](CO)[C@@H](O)[C@H](O)[C@H]1O)O[C@@H]1O[C@H](CO)[C@@H](O)[C@H](O)[C@H]1O. The molecule has 0 spiro atoms. The molecule has 29 heavy (non-hydrogen) atoms. The van der Waals surface area contributed by atoms with Gasteiger partial charge in [-0.25, -0.2) is 0 Å². The summed E-state index contributed by atoms with van der Waals surface area (Å²) in [6.45, 7) is -1.50. The highest BCUT2D eigenvalue weighted by atomic mass is 16.7. The van der Waals surface area contributed by atoms with Crippen LogP contribution in [-0.4, -0.2) is 127 Å². The number of aliphatic hydroxyl groups is 8. The van der Waals surface area contributed by atoms with Crippen molar-refractivity contribution < 1.29 is 69.4 Å². The molecule has 2 saturated heterocycles. The summed E-state index contributed by atoms with van der Waals surface area (Å²) in [5, 5.41) is 76.2. The third kappa shape index (κ3) is 5.37. The van der Waals surface area contributed by atoms with Gasteiger partial charge in [-0.1, -0.05) is 0 Å². The fraction of sp³-hybridized carbons (Fsp3) is 0.867. The molecule has 0 bridgehead atoms. The van der Waals surface area contributed by atoms with Crippen LogP contribution in [-0.2, 0) is 28.5 Å². The molecule has 0 aromatic rings. The van der Waals surface area contributed by atoms with Crippen LogP contribution in [0.1, 0.15) is 6.42 Å². The number of hydrogen-bond donors (Lipinski definition) is 8. The molecule has 0 aromatic heterocycles. The van der Waals surface area contributed by atoms with E-state index in [4.69, 9.17) is 29.2 Å². The van der Waals surface area contributed by atoms with Crippen molar-refractivity contribution in [3.63, 3.8) is 0 Å². The zero-order valence-corrected chi connectivity index (χ0v) is 14.9. The quantitative estimate of drug-likeness (QED) is 0.145. The van der Waals surface area contributed by atoms with Crippen LogP contribution in [0.2, 0.25) is 0 Å². The van der Waals surface area contributed by atoms with Gasteiger partial charge in [0.2, 0.25) is 12.6 Å². The van der Waals surface area contributed by atoms with Gasteiger partial charge in [-0.2, -0.15) is 0 Å². The first-order chi connectivity index (χ1) is 13.6. The highest BCUT2D eigenvalue weighted by molar-refractivity contribution is 5.91. The lowest BCUT2D eigenvalue weighted by atomic mass is 9.99. The smallest absolute Gasteiger partial charge is 0.319 e. The Morgan fingerprint density at radius 2 is 0.966 bits per heavy atom. The maximum absolute atomic E-state index is 11.9. The molecule has 14 nitrogen and oxygen atoms in total. The topological polar surface area (TPSA) is 233 Å². The Kier molecular flexibility index (Phi) is 8.24. The Morgan fingerprint density at radius 1 is 0.621 bits per heavy atom. The highest BCUT2D eigenvalue weighted by Gasteiger charge is 2.47. The summed E-state index contributed by atoms with van der Waals surface area (Å²) in [4.78, 5) is 23.7. The van der Waals surface area contributed by atoms with Crippen molar-refractivity contribution in [1.82, 2.24) is 0 Å². The van der Waals surface area contributed by atoms with E-state index in [9.17, 15) is 40.2 Å². The van der Waals surface area contributed by atoms with Crippen molar-refractivity contribution in [1.29, 1.82) is 0 Å². The predicted octanol–water partition coefficient (Wildman–Crippen LogP) is -5.94. The first kappa shape index (κ1) is 23.8. The summed E-state index contributed by atoms with van der Waals surface area (Å²) in [7, 11) is 0. The number of rotatable bonds is 6. The van der Waals surface area contributed by atoms with Crippen molar-refractivity contribution in [2.24, 2.45) is 0 Å². The van der Waals surface area contributed by atoms with E-state index in [1.165, 1.54) is 0 Å². The zero-order valence-electron chi connectivity index (χ0n) is 14.9. The molecule has 168 valence electrons. The second-order valence-electron chi connectivity index (χ2n) is 6.55. The van der Waals surface area contributed by atoms with Crippen LogP contribution in [0.4, 0.5) is 0 Å². The van der Waals surface area contributed by atoms with Gasteiger partial charge < -0.3 is 59.8 Å². The number of aliphatic hydroxyl groups excluding tert-OH is 8. The zero-order chi connectivity index (χ0) is 21.9. The average molecular weight is 428 g/mol. The van der Waals surface area contributed by atoms with Crippen LogP contribution < -0.4 is 0 Å². The second kappa shape index (κ2) is 10.0. The van der Waals surface area contributed by atoms with Gasteiger partial charge in [0.15, 0.2) is 0 Å². The summed E-state index contributed by atoms with van der Waals surface area (Å²) in [5.74, 6) is -2.58. The van der Waals surface area contributed by atoms with Gasteiger partial charge in [0, 0.05) is 0 Å². The molecule has 0 aliphatic carbocycles. The number of esters is 2. The normalized spacial score (nSPS) is 42.9. The molecule has 8 N–H and O–H groups in total. The fourth-order valence-electron chi connectivity index (χ4n) is 2.79. The molecule has 0 unspecified atom stereocenters. The Hall–Kier alpha value is -1.46. The molecule has 2 aliphatic rings. The van der Waals surface area contributed by atoms with E-state index < -0.39 is 93.0 Å². The minimum absolute atomic E-state index is 0.752. The molecule has 2 rings (SSSR count). The van der Waals surface area contributed by atoms with Gasteiger partial charge in [-0.15, -0.1) is 0 Å². The van der Waals surface area contributed by atoms with E-state index in [0.717, 1.165) is 0 Å². The van der Waals surface area contributed by atoms with Gasteiger partial charge in [0.25, 0.3) is 0 Å². The second-order valence-corrected chi connectivity index (χ2v) is 6.55. The van der Waals surface area contributed by atoms with Gasteiger partial charge in [0.1, 0.15) is 55.3 Å². The van der Waals surface area contributed by atoms with Gasteiger partial charge in [-0.3, -0.25) is 9.59 Å². The Morgan fingerprint density at radius 3 is 1.28 bits per heavy atom. The van der Waals surface area contributed by atoms with Gasteiger partial charge in [0.05, 0.1) is 13.2 Å². The van der Waals surface area contributed by atoms with E-state index in [2.05, 4.69) is 0 Å². The van der Waals surface area contributed by atoms with Crippen molar-refractivity contribution in [2.75, 3.05) is 13.2 Å². The summed E-state index contributed by atoms with van der Waals surface area (Å²) < 4.78 is 19.3. The molecular formula is C15H24O14. The molecule has 14 heteroatoms. The van der Waals surface area contributed by atoms with E-state index in [1.807, 2.05) is 0 Å².